The van der Waals surface area contributed by atoms with Crippen LogP contribution in [-0.4, -0.2) is 45.0 Å². The van der Waals surface area contributed by atoms with E-state index in [1.54, 1.807) is 0 Å². The molecule has 2 aliphatic heterocycles. The molecule has 2 saturated heterocycles. The van der Waals surface area contributed by atoms with Crippen molar-refractivity contribution < 1.29 is 0 Å². The summed E-state index contributed by atoms with van der Waals surface area (Å²) in [6.07, 6.45) is 2.88. The molecule has 0 spiro atoms. The Kier molecular flexibility index (Phi) is 6.70. The van der Waals surface area contributed by atoms with Gasteiger partial charge in [-0.05, 0) is 30.3 Å². The predicted molar refractivity (Wildman–Crippen MR) is 85.5 cm³/mol. The Morgan fingerprint density at radius 2 is 1.69 bits per heavy atom. The summed E-state index contributed by atoms with van der Waals surface area (Å²) in [5.41, 5.74) is 0. The summed E-state index contributed by atoms with van der Waals surface area (Å²) in [6, 6.07) is 0. The van der Waals surface area contributed by atoms with Crippen molar-refractivity contribution >= 4 is 47.0 Å². The quantitative estimate of drug-likeness (QED) is 0.618. The van der Waals surface area contributed by atoms with Crippen molar-refractivity contribution in [1.82, 2.24) is 0 Å². The minimum atomic E-state index is 0.937. The first-order valence-corrected chi connectivity index (χ1v) is 10.6. The van der Waals surface area contributed by atoms with Crippen molar-refractivity contribution in [3.05, 3.63) is 0 Å². The van der Waals surface area contributed by atoms with Gasteiger partial charge in [0.05, 0.1) is 0 Å². The van der Waals surface area contributed by atoms with E-state index >= 15 is 0 Å². The molecular weight excluding hydrogens is 272 g/mol. The Balaban J connectivity index is 1.39. The molecule has 0 saturated carbocycles. The lowest BCUT2D eigenvalue weighted by atomic mass is 10.1. The predicted octanol–water partition coefficient (Wildman–Crippen LogP) is 4.10. The van der Waals surface area contributed by atoms with Gasteiger partial charge in [-0.1, -0.05) is 6.92 Å². The Hall–Kier alpha value is 1.40. The monoisotopic (exact) mass is 294 g/mol. The summed E-state index contributed by atoms with van der Waals surface area (Å²) in [6.45, 7) is 2.43. The van der Waals surface area contributed by atoms with Crippen LogP contribution in [0.15, 0.2) is 0 Å². The average molecular weight is 295 g/mol. The van der Waals surface area contributed by atoms with E-state index in [2.05, 4.69) is 54.0 Å². The SMILES string of the molecule is CC(CCCSC1CSC1)CSC1CSC1. The van der Waals surface area contributed by atoms with Gasteiger partial charge in [0.1, 0.15) is 0 Å². The lowest BCUT2D eigenvalue weighted by Crippen LogP contribution is -2.22. The fraction of sp³-hybridized carbons (Fsp3) is 1.00. The molecule has 2 aliphatic rings. The van der Waals surface area contributed by atoms with Crippen molar-refractivity contribution in [3.8, 4) is 0 Å². The molecule has 0 aliphatic carbocycles. The molecule has 2 heterocycles. The zero-order chi connectivity index (χ0) is 11.2. The maximum absolute atomic E-state index is 2.43. The molecular formula is C12H22S4. The highest BCUT2D eigenvalue weighted by Crippen LogP contribution is 2.32. The highest BCUT2D eigenvalue weighted by molar-refractivity contribution is 8.07. The number of hydrogen-bond donors (Lipinski definition) is 0. The van der Waals surface area contributed by atoms with Crippen molar-refractivity contribution in [2.75, 3.05) is 34.5 Å². The standard InChI is InChI=1S/C12H22S4/c1-10(5-16-12-8-14-9-12)3-2-4-15-11-6-13-7-11/h10-12H,2-9H2,1H3. The molecule has 2 rings (SSSR count). The third-order valence-corrected chi connectivity index (χ3v) is 9.32. The Morgan fingerprint density at radius 3 is 2.25 bits per heavy atom. The van der Waals surface area contributed by atoms with Crippen LogP contribution in [0.25, 0.3) is 0 Å². The first-order valence-electron chi connectivity index (χ1n) is 6.23. The van der Waals surface area contributed by atoms with Gasteiger partial charge >= 0.3 is 0 Å². The second-order valence-electron chi connectivity index (χ2n) is 4.77. The van der Waals surface area contributed by atoms with Crippen molar-refractivity contribution in [2.24, 2.45) is 5.92 Å². The van der Waals surface area contributed by atoms with Crippen LogP contribution >= 0.6 is 47.0 Å². The molecule has 0 radical (unpaired) electrons. The molecule has 1 atom stereocenters. The third-order valence-electron chi connectivity index (χ3n) is 3.03. The van der Waals surface area contributed by atoms with E-state index in [0.717, 1.165) is 16.4 Å². The van der Waals surface area contributed by atoms with Gasteiger partial charge in [-0.25, -0.2) is 0 Å². The number of rotatable bonds is 8. The van der Waals surface area contributed by atoms with E-state index in [4.69, 9.17) is 0 Å². The molecule has 0 aromatic rings. The van der Waals surface area contributed by atoms with E-state index in [-0.39, 0.29) is 0 Å². The lowest BCUT2D eigenvalue weighted by Gasteiger charge is -2.26. The number of thioether (sulfide) groups is 4. The topological polar surface area (TPSA) is 0 Å². The van der Waals surface area contributed by atoms with Crippen LogP contribution in [0.2, 0.25) is 0 Å². The Labute approximate surface area is 117 Å². The van der Waals surface area contributed by atoms with Crippen LogP contribution in [0.1, 0.15) is 19.8 Å². The molecule has 2 fully saturated rings. The molecule has 16 heavy (non-hydrogen) atoms. The summed E-state index contributed by atoms with van der Waals surface area (Å²) in [4.78, 5) is 0. The summed E-state index contributed by atoms with van der Waals surface area (Å²) < 4.78 is 0. The maximum Gasteiger partial charge on any atom is 0.0228 e. The van der Waals surface area contributed by atoms with E-state index in [1.807, 2.05) is 0 Å². The van der Waals surface area contributed by atoms with Gasteiger partial charge in [0, 0.05) is 33.5 Å². The molecule has 4 heteroatoms. The largest absolute Gasteiger partial charge is 0.160 e. The van der Waals surface area contributed by atoms with Crippen molar-refractivity contribution in [2.45, 2.75) is 30.3 Å². The molecule has 94 valence electrons. The lowest BCUT2D eigenvalue weighted by molar-refractivity contribution is 0.587. The third kappa shape index (κ3) is 4.95. The van der Waals surface area contributed by atoms with Gasteiger partial charge in [0.2, 0.25) is 0 Å². The summed E-state index contributed by atoms with van der Waals surface area (Å²) in [7, 11) is 0. The zero-order valence-corrected chi connectivity index (χ0v) is 13.3. The Bertz CT molecular complexity index is 189. The second kappa shape index (κ2) is 7.75. The molecule has 0 aromatic heterocycles. The van der Waals surface area contributed by atoms with E-state index in [9.17, 15) is 0 Å². The normalized spacial score (nSPS) is 23.8. The van der Waals surface area contributed by atoms with E-state index in [1.165, 1.54) is 47.4 Å². The highest BCUT2D eigenvalue weighted by Gasteiger charge is 2.20. The van der Waals surface area contributed by atoms with Gasteiger partial charge < -0.3 is 0 Å². The van der Waals surface area contributed by atoms with Crippen molar-refractivity contribution in [3.63, 3.8) is 0 Å². The second-order valence-corrected chi connectivity index (χ2v) is 9.66. The smallest absolute Gasteiger partial charge is 0.0228 e. The maximum atomic E-state index is 2.43. The Morgan fingerprint density at radius 1 is 1.06 bits per heavy atom. The minimum Gasteiger partial charge on any atom is -0.160 e. The summed E-state index contributed by atoms with van der Waals surface area (Å²) >= 11 is 8.64. The van der Waals surface area contributed by atoms with Gasteiger partial charge in [-0.3, -0.25) is 0 Å². The van der Waals surface area contributed by atoms with Crippen LogP contribution in [0.5, 0.6) is 0 Å². The van der Waals surface area contributed by atoms with Crippen LogP contribution in [0, 0.1) is 5.92 Å². The van der Waals surface area contributed by atoms with Crippen molar-refractivity contribution in [1.29, 1.82) is 0 Å². The molecule has 0 aromatic carbocycles. The molecule has 0 bridgehead atoms. The van der Waals surface area contributed by atoms with Gasteiger partial charge in [0.25, 0.3) is 0 Å². The first kappa shape index (κ1) is 13.8. The van der Waals surface area contributed by atoms with E-state index < -0.39 is 0 Å². The summed E-state index contributed by atoms with van der Waals surface area (Å²) in [5, 5.41) is 2.00. The fourth-order valence-corrected chi connectivity index (χ4v) is 6.67. The van der Waals surface area contributed by atoms with Gasteiger partial charge in [0.15, 0.2) is 0 Å². The van der Waals surface area contributed by atoms with E-state index in [0.29, 0.717) is 0 Å². The van der Waals surface area contributed by atoms with Crippen LogP contribution in [0.3, 0.4) is 0 Å². The molecule has 0 nitrogen and oxygen atoms in total. The van der Waals surface area contributed by atoms with Crippen LogP contribution in [0.4, 0.5) is 0 Å². The zero-order valence-electron chi connectivity index (χ0n) is 10.0. The van der Waals surface area contributed by atoms with Gasteiger partial charge in [-0.2, -0.15) is 47.0 Å². The van der Waals surface area contributed by atoms with Gasteiger partial charge in [-0.15, -0.1) is 0 Å². The fourth-order valence-electron chi connectivity index (χ4n) is 1.69. The molecule has 0 amide bonds. The summed E-state index contributed by atoms with van der Waals surface area (Å²) in [5.74, 6) is 9.38. The minimum absolute atomic E-state index is 0.937. The molecule has 0 N–H and O–H groups in total. The first-order chi connectivity index (χ1) is 7.84. The van der Waals surface area contributed by atoms with Crippen LogP contribution in [-0.2, 0) is 0 Å². The highest BCUT2D eigenvalue weighted by atomic mass is 32.2. The van der Waals surface area contributed by atoms with Crippen LogP contribution < -0.4 is 0 Å². The number of hydrogen-bond acceptors (Lipinski definition) is 4. The average Bonchev–Trinajstić information content (AvgIpc) is 2.12. The molecule has 1 unspecified atom stereocenters.